The number of hydrogen-bond acceptors (Lipinski definition) is 3. The smallest absolute Gasteiger partial charge is 0.0931 e. The van der Waals surface area contributed by atoms with Crippen molar-refractivity contribution in [2.75, 3.05) is 6.54 Å². The summed E-state index contributed by atoms with van der Waals surface area (Å²) in [5.41, 5.74) is 0. The van der Waals surface area contributed by atoms with Gasteiger partial charge in [-0.3, -0.25) is 0 Å². The number of hydrogen-bond donors (Lipinski definition) is 1. The Morgan fingerprint density at radius 1 is 1.64 bits per heavy atom. The molecule has 1 aromatic rings. The minimum absolute atomic E-state index is 0.116. The molecule has 4 heteroatoms. The van der Waals surface area contributed by atoms with Crippen molar-refractivity contribution in [2.24, 2.45) is 5.92 Å². The van der Waals surface area contributed by atoms with E-state index in [2.05, 4.69) is 11.4 Å². The maximum absolute atomic E-state index is 8.72. The molecule has 76 valence electrons. The van der Waals surface area contributed by atoms with E-state index in [0.29, 0.717) is 0 Å². The summed E-state index contributed by atoms with van der Waals surface area (Å²) in [6.07, 6.45) is 0.898. The Morgan fingerprint density at radius 2 is 2.43 bits per heavy atom. The fraction of sp³-hybridized carbons (Fsp3) is 0.500. The van der Waals surface area contributed by atoms with Crippen LogP contribution in [0, 0.1) is 17.2 Å². The van der Waals surface area contributed by atoms with Crippen LogP contribution in [0.4, 0.5) is 0 Å². The molecular weight excluding hydrogens is 216 g/mol. The second-order valence-corrected chi connectivity index (χ2v) is 4.87. The Morgan fingerprint density at radius 3 is 2.93 bits per heavy atom. The molecule has 0 bridgehead atoms. The molecule has 1 unspecified atom stereocenters. The third kappa shape index (κ3) is 3.67. The van der Waals surface area contributed by atoms with E-state index in [0.717, 1.165) is 23.8 Å². The minimum Gasteiger partial charge on any atom is -0.311 e. The van der Waals surface area contributed by atoms with Gasteiger partial charge in [-0.2, -0.15) is 5.26 Å². The molecule has 1 atom stereocenters. The Balaban J connectivity index is 2.25. The van der Waals surface area contributed by atoms with Crippen LogP contribution in [0.1, 0.15) is 18.2 Å². The average molecular weight is 229 g/mol. The molecule has 0 aromatic carbocycles. The molecule has 0 amide bonds. The molecule has 0 aliphatic heterocycles. The van der Waals surface area contributed by atoms with Crippen LogP contribution in [0.3, 0.4) is 0 Å². The van der Waals surface area contributed by atoms with Crippen LogP contribution in [-0.4, -0.2) is 6.54 Å². The minimum atomic E-state index is 0.116. The molecule has 14 heavy (non-hydrogen) atoms. The average Bonchev–Trinajstić information content (AvgIpc) is 2.59. The van der Waals surface area contributed by atoms with Crippen LogP contribution >= 0.6 is 22.9 Å². The Labute approximate surface area is 93.5 Å². The Hall–Kier alpha value is -0.560. The zero-order chi connectivity index (χ0) is 10.4. The van der Waals surface area contributed by atoms with E-state index in [1.165, 1.54) is 4.88 Å². The summed E-state index contributed by atoms with van der Waals surface area (Å²) in [7, 11) is 0. The first-order valence-electron chi connectivity index (χ1n) is 4.60. The van der Waals surface area contributed by atoms with Crippen molar-refractivity contribution in [1.82, 2.24) is 5.32 Å². The van der Waals surface area contributed by atoms with Crippen molar-refractivity contribution in [2.45, 2.75) is 19.9 Å². The lowest BCUT2D eigenvalue weighted by molar-refractivity contribution is 0.555. The zero-order valence-electron chi connectivity index (χ0n) is 8.09. The predicted molar refractivity (Wildman–Crippen MR) is 60.4 cm³/mol. The second-order valence-electron chi connectivity index (χ2n) is 3.07. The molecule has 0 aliphatic rings. The number of nitriles is 1. The number of halogens is 1. The Bertz CT molecular complexity index is 316. The summed E-state index contributed by atoms with van der Waals surface area (Å²) in [5.74, 6) is 0.116. The maximum Gasteiger partial charge on any atom is 0.0931 e. The van der Waals surface area contributed by atoms with Gasteiger partial charge in [-0.15, -0.1) is 11.3 Å². The summed E-state index contributed by atoms with van der Waals surface area (Å²) >= 11 is 7.37. The number of nitrogens with zero attached hydrogens (tertiary/aromatic N) is 1. The van der Waals surface area contributed by atoms with Crippen LogP contribution in [0.15, 0.2) is 12.1 Å². The first-order chi connectivity index (χ1) is 6.76. The normalized spacial score (nSPS) is 12.4. The van der Waals surface area contributed by atoms with E-state index in [1.54, 1.807) is 11.3 Å². The fourth-order valence-electron chi connectivity index (χ4n) is 1.10. The maximum atomic E-state index is 8.72. The molecule has 1 aromatic heterocycles. The fourth-order valence-corrected chi connectivity index (χ4v) is 2.15. The topological polar surface area (TPSA) is 35.8 Å². The van der Waals surface area contributed by atoms with Gasteiger partial charge >= 0.3 is 0 Å². The van der Waals surface area contributed by atoms with Crippen molar-refractivity contribution in [3.8, 4) is 6.07 Å². The summed E-state index contributed by atoms with van der Waals surface area (Å²) in [6.45, 7) is 3.58. The van der Waals surface area contributed by atoms with Crippen molar-refractivity contribution in [3.05, 3.63) is 21.3 Å². The third-order valence-electron chi connectivity index (χ3n) is 1.99. The lowest BCUT2D eigenvalue weighted by atomic mass is 10.1. The number of nitrogens with one attached hydrogen (secondary N) is 1. The summed E-state index contributed by atoms with van der Waals surface area (Å²) in [6, 6.07) is 6.16. The lowest BCUT2D eigenvalue weighted by Crippen LogP contribution is -2.20. The molecule has 0 spiro atoms. The van der Waals surface area contributed by atoms with Crippen LogP contribution in [0.5, 0.6) is 0 Å². The molecule has 2 nitrogen and oxygen atoms in total. The molecule has 0 radical (unpaired) electrons. The van der Waals surface area contributed by atoms with Gasteiger partial charge in [-0.25, -0.2) is 0 Å². The highest BCUT2D eigenvalue weighted by atomic mass is 35.5. The van der Waals surface area contributed by atoms with E-state index < -0.39 is 0 Å². The van der Waals surface area contributed by atoms with Gasteiger partial charge in [-0.1, -0.05) is 18.5 Å². The molecular formula is C10H13ClN2S. The van der Waals surface area contributed by atoms with Crippen LogP contribution in [-0.2, 0) is 6.54 Å². The van der Waals surface area contributed by atoms with E-state index in [1.807, 2.05) is 19.1 Å². The van der Waals surface area contributed by atoms with Crippen LogP contribution in [0.2, 0.25) is 4.34 Å². The molecule has 1 heterocycles. The van der Waals surface area contributed by atoms with Crippen molar-refractivity contribution in [3.63, 3.8) is 0 Å². The highest BCUT2D eigenvalue weighted by molar-refractivity contribution is 7.16. The largest absolute Gasteiger partial charge is 0.311 e. The van der Waals surface area contributed by atoms with Gasteiger partial charge < -0.3 is 5.32 Å². The van der Waals surface area contributed by atoms with Gasteiger partial charge in [0.2, 0.25) is 0 Å². The molecule has 1 rings (SSSR count). The van der Waals surface area contributed by atoms with Crippen LogP contribution in [0.25, 0.3) is 0 Å². The molecule has 0 aliphatic carbocycles. The zero-order valence-corrected chi connectivity index (χ0v) is 9.66. The van der Waals surface area contributed by atoms with Gasteiger partial charge in [-0.05, 0) is 18.6 Å². The van der Waals surface area contributed by atoms with Gasteiger partial charge in [0.15, 0.2) is 0 Å². The molecule has 0 saturated heterocycles. The molecule has 0 saturated carbocycles. The summed E-state index contributed by atoms with van der Waals surface area (Å²) in [4.78, 5) is 1.21. The van der Waals surface area contributed by atoms with Crippen molar-refractivity contribution < 1.29 is 0 Å². The van der Waals surface area contributed by atoms with Gasteiger partial charge in [0.05, 0.1) is 16.3 Å². The lowest BCUT2D eigenvalue weighted by Gasteiger charge is -2.06. The van der Waals surface area contributed by atoms with Crippen LogP contribution < -0.4 is 5.32 Å². The third-order valence-corrected chi connectivity index (χ3v) is 3.23. The predicted octanol–water partition coefficient (Wildman–Crippen LogP) is 3.04. The van der Waals surface area contributed by atoms with Gasteiger partial charge in [0.25, 0.3) is 0 Å². The highest BCUT2D eigenvalue weighted by Gasteiger charge is 2.03. The number of rotatable bonds is 5. The highest BCUT2D eigenvalue weighted by Crippen LogP contribution is 2.20. The van der Waals surface area contributed by atoms with Crippen molar-refractivity contribution >= 4 is 22.9 Å². The van der Waals surface area contributed by atoms with E-state index in [9.17, 15) is 0 Å². The summed E-state index contributed by atoms with van der Waals surface area (Å²) < 4.78 is 0.814. The van der Waals surface area contributed by atoms with E-state index >= 15 is 0 Å². The first-order valence-corrected chi connectivity index (χ1v) is 5.80. The quantitative estimate of drug-likeness (QED) is 0.841. The second kappa shape index (κ2) is 6.02. The van der Waals surface area contributed by atoms with E-state index in [4.69, 9.17) is 16.9 Å². The van der Waals surface area contributed by atoms with Crippen molar-refractivity contribution in [1.29, 1.82) is 5.26 Å². The SMILES string of the molecule is CCC(C#N)CNCc1ccc(Cl)s1. The van der Waals surface area contributed by atoms with E-state index in [-0.39, 0.29) is 5.92 Å². The first kappa shape index (κ1) is 11.5. The Kier molecular flexibility index (Phi) is 4.95. The van der Waals surface area contributed by atoms with Gasteiger partial charge in [0.1, 0.15) is 0 Å². The van der Waals surface area contributed by atoms with Gasteiger partial charge in [0, 0.05) is 18.0 Å². The number of thiophene rings is 1. The molecule has 1 N–H and O–H groups in total. The molecule has 0 fully saturated rings. The summed E-state index contributed by atoms with van der Waals surface area (Å²) in [5, 5.41) is 12.0. The standard InChI is InChI=1S/C10H13ClN2S/c1-2-8(5-12)6-13-7-9-3-4-10(11)14-9/h3-4,8,13H,2,6-7H2,1H3. The monoisotopic (exact) mass is 228 g/mol.